The van der Waals surface area contributed by atoms with Gasteiger partial charge in [0.2, 0.25) is 0 Å². The largest absolute Gasteiger partial charge is 0.135 e. The molecule has 1 heteroatoms. The SMILES string of the molecule is Cc1ccc(C2=c3sc4ccccc4c3=CCC2)cc1. The standard InChI is InChI=1S/C19H16S/c1-13-9-11-14(12-10-13)15-6-4-7-17-16-5-2-3-8-18(16)20-19(15)17/h2-3,5,7-12H,4,6H2,1H3. The van der Waals surface area contributed by atoms with Crippen molar-refractivity contribution in [1.82, 2.24) is 0 Å². The first-order chi connectivity index (χ1) is 9.83. The zero-order valence-electron chi connectivity index (χ0n) is 11.5. The molecule has 0 atom stereocenters. The fourth-order valence-corrected chi connectivity index (χ4v) is 4.30. The van der Waals surface area contributed by atoms with Gasteiger partial charge in [-0.25, -0.2) is 0 Å². The van der Waals surface area contributed by atoms with Gasteiger partial charge in [-0.1, -0.05) is 54.1 Å². The lowest BCUT2D eigenvalue weighted by Gasteiger charge is -2.09. The summed E-state index contributed by atoms with van der Waals surface area (Å²) in [4.78, 5) is 0. The van der Waals surface area contributed by atoms with Crippen LogP contribution in [-0.2, 0) is 0 Å². The summed E-state index contributed by atoms with van der Waals surface area (Å²) >= 11 is 1.94. The third-order valence-electron chi connectivity index (χ3n) is 4.05. The predicted molar refractivity (Wildman–Crippen MR) is 88.5 cm³/mol. The van der Waals surface area contributed by atoms with Crippen molar-refractivity contribution in [3.63, 3.8) is 0 Å². The lowest BCUT2D eigenvalue weighted by Crippen LogP contribution is -2.24. The summed E-state index contributed by atoms with van der Waals surface area (Å²) < 4.78 is 2.88. The molecule has 0 unspecified atom stereocenters. The van der Waals surface area contributed by atoms with E-state index < -0.39 is 0 Å². The molecular weight excluding hydrogens is 260 g/mol. The van der Waals surface area contributed by atoms with E-state index in [1.807, 2.05) is 11.3 Å². The van der Waals surface area contributed by atoms with Crippen LogP contribution in [-0.4, -0.2) is 0 Å². The van der Waals surface area contributed by atoms with Crippen molar-refractivity contribution in [3.8, 4) is 0 Å². The van der Waals surface area contributed by atoms with Crippen molar-refractivity contribution in [3.05, 3.63) is 69.4 Å². The van der Waals surface area contributed by atoms with E-state index in [4.69, 9.17) is 0 Å². The summed E-state index contributed by atoms with van der Waals surface area (Å²) in [7, 11) is 0. The van der Waals surface area contributed by atoms with Gasteiger partial charge < -0.3 is 0 Å². The Hall–Kier alpha value is -1.86. The molecule has 1 aliphatic carbocycles. The number of fused-ring (bicyclic) bond motifs is 3. The molecule has 0 nitrogen and oxygen atoms in total. The maximum absolute atomic E-state index is 2.41. The fourth-order valence-electron chi connectivity index (χ4n) is 3.00. The summed E-state index contributed by atoms with van der Waals surface area (Å²) in [5.74, 6) is 0. The molecule has 0 fully saturated rings. The Morgan fingerprint density at radius 2 is 1.75 bits per heavy atom. The molecule has 0 aliphatic heterocycles. The molecule has 4 rings (SSSR count). The molecule has 1 heterocycles. The minimum Gasteiger partial charge on any atom is -0.135 e. The van der Waals surface area contributed by atoms with Gasteiger partial charge in [-0.05, 0) is 47.6 Å². The molecule has 20 heavy (non-hydrogen) atoms. The van der Waals surface area contributed by atoms with Gasteiger partial charge in [-0.3, -0.25) is 0 Å². The summed E-state index contributed by atoms with van der Waals surface area (Å²) in [5, 5.41) is 2.87. The lowest BCUT2D eigenvalue weighted by atomic mass is 9.96. The molecule has 0 saturated carbocycles. The van der Waals surface area contributed by atoms with Crippen LogP contribution in [0, 0.1) is 6.92 Å². The molecule has 1 aliphatic rings. The van der Waals surface area contributed by atoms with Crippen LogP contribution in [0.2, 0.25) is 0 Å². The van der Waals surface area contributed by atoms with Gasteiger partial charge in [0, 0.05) is 9.23 Å². The maximum atomic E-state index is 2.41. The molecule has 0 amide bonds. The Balaban J connectivity index is 2.09. The van der Waals surface area contributed by atoms with Crippen LogP contribution < -0.4 is 9.75 Å². The zero-order valence-corrected chi connectivity index (χ0v) is 12.3. The number of hydrogen-bond donors (Lipinski definition) is 0. The molecule has 0 radical (unpaired) electrons. The second-order valence-electron chi connectivity index (χ2n) is 5.43. The van der Waals surface area contributed by atoms with E-state index in [1.165, 1.54) is 36.5 Å². The average Bonchev–Trinajstić information content (AvgIpc) is 2.87. The first-order valence-corrected chi connectivity index (χ1v) is 7.92. The Labute approximate surface area is 122 Å². The highest BCUT2D eigenvalue weighted by molar-refractivity contribution is 7.17. The van der Waals surface area contributed by atoms with E-state index >= 15 is 0 Å². The van der Waals surface area contributed by atoms with E-state index in [-0.39, 0.29) is 0 Å². The molecule has 1 aromatic heterocycles. The van der Waals surface area contributed by atoms with Crippen LogP contribution in [0.25, 0.3) is 21.7 Å². The molecule has 2 aromatic carbocycles. The third kappa shape index (κ3) is 1.82. The first-order valence-electron chi connectivity index (χ1n) is 7.11. The smallest absolute Gasteiger partial charge is 0.0390 e. The Kier molecular flexibility index (Phi) is 2.75. The molecule has 0 saturated heterocycles. The van der Waals surface area contributed by atoms with Crippen LogP contribution >= 0.6 is 11.3 Å². The molecule has 98 valence electrons. The maximum Gasteiger partial charge on any atom is 0.0390 e. The Morgan fingerprint density at radius 3 is 2.60 bits per heavy atom. The molecule has 0 bridgehead atoms. The van der Waals surface area contributed by atoms with Gasteiger partial charge in [0.1, 0.15) is 0 Å². The predicted octanol–water partition coefficient (Wildman–Crippen LogP) is 3.98. The van der Waals surface area contributed by atoms with E-state index in [1.54, 1.807) is 0 Å². The van der Waals surface area contributed by atoms with E-state index in [0.717, 1.165) is 12.8 Å². The van der Waals surface area contributed by atoms with Gasteiger partial charge >= 0.3 is 0 Å². The van der Waals surface area contributed by atoms with Gasteiger partial charge in [-0.2, -0.15) is 0 Å². The monoisotopic (exact) mass is 276 g/mol. The van der Waals surface area contributed by atoms with Crippen molar-refractivity contribution in [2.75, 3.05) is 0 Å². The second-order valence-corrected chi connectivity index (χ2v) is 6.48. The topological polar surface area (TPSA) is 0 Å². The summed E-state index contributed by atoms with van der Waals surface area (Å²) in [6.45, 7) is 2.15. The van der Waals surface area contributed by atoms with E-state index in [9.17, 15) is 0 Å². The number of hydrogen-bond acceptors (Lipinski definition) is 1. The van der Waals surface area contributed by atoms with Crippen LogP contribution in [0.3, 0.4) is 0 Å². The van der Waals surface area contributed by atoms with Gasteiger partial charge in [-0.15, -0.1) is 11.3 Å². The quantitative estimate of drug-likeness (QED) is 0.630. The van der Waals surface area contributed by atoms with Crippen molar-refractivity contribution in [1.29, 1.82) is 0 Å². The summed E-state index contributed by atoms with van der Waals surface area (Å²) in [6, 6.07) is 17.7. The third-order valence-corrected chi connectivity index (χ3v) is 5.30. The first kappa shape index (κ1) is 11.9. The van der Waals surface area contributed by atoms with Crippen molar-refractivity contribution < 1.29 is 0 Å². The lowest BCUT2D eigenvalue weighted by molar-refractivity contribution is 1.09. The van der Waals surface area contributed by atoms with Crippen LogP contribution in [0.4, 0.5) is 0 Å². The highest BCUT2D eigenvalue weighted by Gasteiger charge is 2.11. The number of rotatable bonds is 1. The van der Waals surface area contributed by atoms with Crippen molar-refractivity contribution in [2.45, 2.75) is 19.8 Å². The normalized spacial score (nSPS) is 14.2. The molecular formula is C19H16S. The Morgan fingerprint density at radius 1 is 0.950 bits per heavy atom. The number of thiophene rings is 1. The van der Waals surface area contributed by atoms with Crippen molar-refractivity contribution in [2.24, 2.45) is 0 Å². The Bertz CT molecular complexity index is 895. The van der Waals surface area contributed by atoms with Crippen molar-refractivity contribution >= 4 is 33.1 Å². The molecule has 0 N–H and O–H groups in total. The van der Waals surface area contributed by atoms with Gasteiger partial charge in [0.05, 0.1) is 0 Å². The second kappa shape index (κ2) is 4.60. The average molecular weight is 276 g/mol. The van der Waals surface area contributed by atoms with E-state index in [2.05, 4.69) is 61.5 Å². The minimum absolute atomic E-state index is 1.15. The van der Waals surface area contributed by atoms with Crippen LogP contribution in [0.5, 0.6) is 0 Å². The molecule has 3 aromatic rings. The molecule has 0 spiro atoms. The summed E-state index contributed by atoms with van der Waals surface area (Å²) in [6.07, 6.45) is 4.71. The minimum atomic E-state index is 1.15. The van der Waals surface area contributed by atoms with Crippen LogP contribution in [0.1, 0.15) is 24.0 Å². The summed E-state index contributed by atoms with van der Waals surface area (Å²) in [5.41, 5.74) is 4.23. The van der Waals surface area contributed by atoms with Gasteiger partial charge in [0.25, 0.3) is 0 Å². The fraction of sp³-hybridized carbons (Fsp3) is 0.158. The van der Waals surface area contributed by atoms with E-state index in [0.29, 0.717) is 0 Å². The number of benzene rings is 2. The van der Waals surface area contributed by atoms with Crippen LogP contribution in [0.15, 0.2) is 48.5 Å². The highest BCUT2D eigenvalue weighted by Crippen LogP contribution is 2.23. The number of aryl methyl sites for hydroxylation is 1. The highest BCUT2D eigenvalue weighted by atomic mass is 32.1. The zero-order chi connectivity index (χ0) is 13.5. The van der Waals surface area contributed by atoms with Gasteiger partial charge in [0.15, 0.2) is 0 Å².